The van der Waals surface area contributed by atoms with Gasteiger partial charge in [0.05, 0.1) is 6.54 Å². The van der Waals surface area contributed by atoms with Gasteiger partial charge >= 0.3 is 3.91 Å². The van der Waals surface area contributed by atoms with E-state index in [1.54, 1.807) is 0 Å². The maximum absolute atomic E-state index is 10.1. The van der Waals surface area contributed by atoms with Gasteiger partial charge in [0, 0.05) is 29.1 Å². The molecule has 0 aromatic carbocycles. The summed E-state index contributed by atoms with van der Waals surface area (Å²) < 4.78 is -0.409. The van der Waals surface area contributed by atoms with E-state index in [0.717, 1.165) is 0 Å². The largest absolute Gasteiger partial charge is 0.329 e. The van der Waals surface area contributed by atoms with E-state index in [9.17, 15) is 4.79 Å². The van der Waals surface area contributed by atoms with Gasteiger partial charge in [-0.15, -0.1) is 0 Å². The molecule has 5 heteroatoms. The van der Waals surface area contributed by atoms with Gasteiger partial charge in [0.25, 0.3) is 0 Å². The van der Waals surface area contributed by atoms with Crippen LogP contribution in [0.4, 0.5) is 4.79 Å². The second kappa shape index (κ2) is 4.04. The first-order valence-electron chi connectivity index (χ1n) is 2.04. The van der Waals surface area contributed by atoms with Crippen LogP contribution in [0.3, 0.4) is 0 Å². The molecule has 0 radical (unpaired) electrons. The highest BCUT2D eigenvalue weighted by Crippen LogP contribution is 1.92. The maximum Gasteiger partial charge on any atom is 0.306 e. The molecule has 0 aliphatic rings. The fraction of sp³-hybridized carbons (Fsp3) is 0.667. The van der Waals surface area contributed by atoms with Crippen LogP contribution in [0.5, 0.6) is 0 Å². The highest BCUT2D eigenvalue weighted by molar-refractivity contribution is 14.1. The van der Waals surface area contributed by atoms with E-state index in [2.05, 4.69) is 0 Å². The van der Waals surface area contributed by atoms with Crippen LogP contribution in [0, 0.1) is 0 Å². The fourth-order valence-corrected chi connectivity index (χ4v) is 0.451. The van der Waals surface area contributed by atoms with E-state index in [1.165, 1.54) is 22.6 Å². The van der Waals surface area contributed by atoms with E-state index < -0.39 is 3.91 Å². The summed E-state index contributed by atoms with van der Waals surface area (Å²) in [5, 5.41) is 9.09. The molecule has 0 saturated heterocycles. The van der Waals surface area contributed by atoms with Gasteiger partial charge in [0.1, 0.15) is 0 Å². The lowest BCUT2D eigenvalue weighted by atomic mass is 10.7. The van der Waals surface area contributed by atoms with Gasteiger partial charge in [-0.3, -0.25) is 10.0 Å². The number of amides is 1. The van der Waals surface area contributed by atoms with Gasteiger partial charge in [-0.25, -0.2) is 5.06 Å². The van der Waals surface area contributed by atoms with Crippen molar-refractivity contribution in [1.82, 2.24) is 5.06 Å². The number of carbonyl (C=O) groups is 1. The molecule has 0 fully saturated rings. The predicted molar refractivity (Wildman–Crippen MR) is 37.0 cm³/mol. The van der Waals surface area contributed by atoms with Gasteiger partial charge in [-0.05, 0) is 0 Å². The van der Waals surface area contributed by atoms with Crippen molar-refractivity contribution in [2.24, 2.45) is 5.73 Å². The summed E-state index contributed by atoms with van der Waals surface area (Å²) in [5.74, 6) is 0. The van der Waals surface area contributed by atoms with Crippen molar-refractivity contribution < 1.29 is 10.0 Å². The van der Waals surface area contributed by atoms with Crippen LogP contribution in [-0.4, -0.2) is 27.3 Å². The summed E-state index contributed by atoms with van der Waals surface area (Å²) in [7, 11) is 0. The molecule has 0 rings (SSSR count). The van der Waals surface area contributed by atoms with E-state index in [1.807, 2.05) is 0 Å². The van der Waals surface area contributed by atoms with Gasteiger partial charge in [0.15, 0.2) is 0 Å². The van der Waals surface area contributed by atoms with E-state index in [4.69, 9.17) is 10.9 Å². The number of nitrogens with two attached hydrogens (primary N) is 1. The molecule has 48 valence electrons. The molecule has 0 aromatic rings. The van der Waals surface area contributed by atoms with Crippen molar-refractivity contribution in [3.8, 4) is 0 Å². The van der Waals surface area contributed by atoms with Crippen LogP contribution >= 0.6 is 22.6 Å². The number of rotatable bonds is 2. The second-order valence-electron chi connectivity index (χ2n) is 1.16. The molecule has 1 amide bonds. The van der Waals surface area contributed by atoms with Crippen molar-refractivity contribution in [1.29, 1.82) is 0 Å². The van der Waals surface area contributed by atoms with Crippen LogP contribution in [-0.2, 0) is 0 Å². The molecule has 0 aliphatic carbocycles. The van der Waals surface area contributed by atoms with Gasteiger partial charge in [0.2, 0.25) is 0 Å². The Morgan fingerprint density at radius 3 is 2.50 bits per heavy atom. The topological polar surface area (TPSA) is 66.6 Å². The lowest BCUT2D eigenvalue weighted by molar-refractivity contribution is -0.0266. The summed E-state index contributed by atoms with van der Waals surface area (Å²) in [4.78, 5) is 10.1. The molecule has 0 saturated carbocycles. The van der Waals surface area contributed by atoms with Crippen molar-refractivity contribution in [3.05, 3.63) is 0 Å². The molecule has 0 spiro atoms. The Balaban J connectivity index is 3.32. The van der Waals surface area contributed by atoms with Crippen LogP contribution in [0.25, 0.3) is 0 Å². The van der Waals surface area contributed by atoms with E-state index in [-0.39, 0.29) is 13.1 Å². The Morgan fingerprint density at radius 1 is 1.88 bits per heavy atom. The first-order chi connectivity index (χ1) is 3.68. The summed E-state index contributed by atoms with van der Waals surface area (Å²) in [5.41, 5.74) is 5.01. The van der Waals surface area contributed by atoms with Crippen molar-refractivity contribution in [2.45, 2.75) is 0 Å². The lowest BCUT2D eigenvalue weighted by Gasteiger charge is -2.07. The number of hydrogen-bond donors (Lipinski definition) is 2. The SMILES string of the molecule is NCCN(O)C(=O)I. The summed E-state index contributed by atoms with van der Waals surface area (Å²) in [6, 6.07) is 0. The van der Waals surface area contributed by atoms with Crippen LogP contribution in [0.2, 0.25) is 0 Å². The van der Waals surface area contributed by atoms with Gasteiger partial charge in [-0.2, -0.15) is 0 Å². The summed E-state index contributed by atoms with van der Waals surface area (Å²) in [6.45, 7) is 0.479. The van der Waals surface area contributed by atoms with Crippen molar-refractivity contribution in [3.63, 3.8) is 0 Å². The van der Waals surface area contributed by atoms with Crippen LogP contribution in [0.1, 0.15) is 0 Å². The molecule has 0 atom stereocenters. The minimum atomic E-state index is -0.409. The predicted octanol–water partition coefficient (Wildman–Crippen LogP) is 0.191. The van der Waals surface area contributed by atoms with Crippen molar-refractivity contribution >= 4 is 26.5 Å². The molecular weight excluding hydrogens is 223 g/mol. The minimum absolute atomic E-state index is 0.196. The normalized spacial score (nSPS) is 8.88. The van der Waals surface area contributed by atoms with Gasteiger partial charge in [-0.1, -0.05) is 0 Å². The number of halogens is 1. The van der Waals surface area contributed by atoms with Gasteiger partial charge < -0.3 is 5.73 Å². The first kappa shape index (κ1) is 8.12. The fourth-order valence-electron chi connectivity index (χ4n) is 0.210. The smallest absolute Gasteiger partial charge is 0.306 e. The third-order valence-electron chi connectivity index (χ3n) is 0.544. The minimum Gasteiger partial charge on any atom is -0.329 e. The number of nitrogens with zero attached hydrogens (tertiary/aromatic N) is 1. The van der Waals surface area contributed by atoms with Crippen molar-refractivity contribution in [2.75, 3.05) is 13.1 Å². The Kier molecular flexibility index (Phi) is 4.11. The Hall–Kier alpha value is 0.120. The third-order valence-corrected chi connectivity index (χ3v) is 1.10. The Morgan fingerprint density at radius 2 is 2.38 bits per heavy atom. The van der Waals surface area contributed by atoms with E-state index >= 15 is 0 Å². The zero-order valence-electron chi connectivity index (χ0n) is 4.17. The molecule has 0 bridgehead atoms. The average Bonchev–Trinajstić information content (AvgIpc) is 1.67. The summed E-state index contributed by atoms with van der Waals surface area (Å²) >= 11 is 1.47. The molecule has 8 heavy (non-hydrogen) atoms. The molecule has 0 aliphatic heterocycles. The standard InChI is InChI=1S/C3H7IN2O2/c4-3(7)6(8)2-1-5/h8H,1-2,5H2. The number of hydroxylamine groups is 2. The lowest BCUT2D eigenvalue weighted by Crippen LogP contribution is -2.27. The maximum atomic E-state index is 10.1. The Bertz CT molecular complexity index is 87.4. The van der Waals surface area contributed by atoms with E-state index in [0.29, 0.717) is 5.06 Å². The number of hydrogen-bond acceptors (Lipinski definition) is 3. The molecule has 4 nitrogen and oxygen atoms in total. The van der Waals surface area contributed by atoms with Crippen LogP contribution in [0.15, 0.2) is 0 Å². The molecule has 0 aromatic heterocycles. The molecular formula is C3H7IN2O2. The third kappa shape index (κ3) is 3.16. The zero-order valence-corrected chi connectivity index (χ0v) is 6.33. The average molecular weight is 230 g/mol. The number of carbonyl (C=O) groups excluding carboxylic acids is 1. The highest BCUT2D eigenvalue weighted by Gasteiger charge is 2.01. The monoisotopic (exact) mass is 230 g/mol. The first-order valence-corrected chi connectivity index (χ1v) is 3.12. The second-order valence-corrected chi connectivity index (χ2v) is 2.09. The molecule has 0 heterocycles. The molecule has 0 unspecified atom stereocenters. The quantitative estimate of drug-likeness (QED) is 0.234. The summed E-state index contributed by atoms with van der Waals surface area (Å²) in [6.07, 6.45) is 0. The Labute approximate surface area is 60.7 Å². The molecule has 3 N–H and O–H groups in total. The highest BCUT2D eigenvalue weighted by atomic mass is 127. The van der Waals surface area contributed by atoms with Crippen LogP contribution < -0.4 is 5.73 Å². The zero-order chi connectivity index (χ0) is 6.57.